The largest absolute Gasteiger partial charge is 0.310 e. The highest BCUT2D eigenvalue weighted by Gasteiger charge is 2.22. The van der Waals surface area contributed by atoms with Crippen molar-refractivity contribution in [3.05, 3.63) is 352 Å². The molecule has 0 aliphatic carbocycles. The van der Waals surface area contributed by atoms with Crippen LogP contribution in [0, 0.1) is 0 Å². The van der Waals surface area contributed by atoms with Crippen LogP contribution in [0.25, 0.3) is 75.8 Å². The van der Waals surface area contributed by atoms with Crippen LogP contribution >= 0.6 is 0 Å². The van der Waals surface area contributed by atoms with Gasteiger partial charge in [-0.2, -0.15) is 0 Å². The molecule has 4 heteroatoms. The van der Waals surface area contributed by atoms with E-state index in [0.717, 1.165) is 79.4 Å². The monoisotopic (exact) mass is 1120 g/mol. The highest BCUT2D eigenvalue weighted by molar-refractivity contribution is 6.03. The summed E-state index contributed by atoms with van der Waals surface area (Å²) >= 11 is 0. The predicted octanol–water partition coefficient (Wildman–Crippen LogP) is 24.2. The molecule has 0 saturated carbocycles. The zero-order valence-electron chi connectivity index (χ0n) is 48.3. The molecule has 0 heterocycles. The summed E-state index contributed by atoms with van der Waals surface area (Å²) in [6.45, 7) is 0. The average Bonchev–Trinajstić information content (AvgIpc) is 1.57. The molecule has 16 rings (SSSR count). The van der Waals surface area contributed by atoms with Crippen molar-refractivity contribution in [2.75, 3.05) is 19.6 Å². The molecule has 0 unspecified atom stereocenters. The average molecular weight is 1120 g/mol. The Morgan fingerprint density at radius 1 is 0.136 bits per heavy atom. The van der Waals surface area contributed by atoms with Gasteiger partial charge < -0.3 is 19.6 Å². The first kappa shape index (κ1) is 51.9. The van der Waals surface area contributed by atoms with Gasteiger partial charge in [0, 0.05) is 67.6 Å². The first-order valence-electron chi connectivity index (χ1n) is 30.1. The summed E-state index contributed by atoms with van der Waals surface area (Å²) in [5.74, 6) is 0. The number of benzene rings is 16. The van der Waals surface area contributed by atoms with Crippen molar-refractivity contribution >= 4 is 133 Å². The van der Waals surface area contributed by atoms with Crippen molar-refractivity contribution in [3.8, 4) is 11.1 Å². The van der Waals surface area contributed by atoms with Gasteiger partial charge >= 0.3 is 0 Å². The third-order valence-electron chi connectivity index (χ3n) is 17.3. The SMILES string of the molecule is c1ccc2cc(N(c3ccc(-c4ccc(N(c5ccc(N(c6ccc7ccccc7c6)c6cccc7ccccc67)cc5)c5ccc6ccccc6c5)cc4)cc3)c3ccc(N(c4ccc5ccccc5c4)c4cccc5ccccc45)cc3)ccc2c1. The van der Waals surface area contributed by atoms with E-state index in [4.69, 9.17) is 0 Å². The highest BCUT2D eigenvalue weighted by atomic mass is 15.2. The summed E-state index contributed by atoms with van der Waals surface area (Å²) in [6, 6.07) is 128. The van der Waals surface area contributed by atoms with E-state index >= 15 is 0 Å². The lowest BCUT2D eigenvalue weighted by Crippen LogP contribution is -2.12. The Morgan fingerprint density at radius 2 is 0.352 bits per heavy atom. The third kappa shape index (κ3) is 9.75. The molecule has 0 aromatic heterocycles. The molecule has 4 nitrogen and oxygen atoms in total. The van der Waals surface area contributed by atoms with E-state index in [2.05, 4.69) is 371 Å². The fourth-order valence-corrected chi connectivity index (χ4v) is 12.9. The normalized spacial score (nSPS) is 11.4. The van der Waals surface area contributed by atoms with Crippen LogP contribution < -0.4 is 19.6 Å². The number of anilines is 12. The van der Waals surface area contributed by atoms with Crippen LogP contribution in [-0.2, 0) is 0 Å². The van der Waals surface area contributed by atoms with E-state index < -0.39 is 0 Å². The topological polar surface area (TPSA) is 13.0 Å². The molecule has 0 fully saturated rings. The molecule has 0 N–H and O–H groups in total. The van der Waals surface area contributed by atoms with Gasteiger partial charge in [-0.15, -0.1) is 0 Å². The Balaban J connectivity index is 0.748. The fourth-order valence-electron chi connectivity index (χ4n) is 12.9. The van der Waals surface area contributed by atoms with Gasteiger partial charge in [0.1, 0.15) is 0 Å². The maximum absolute atomic E-state index is 2.39. The van der Waals surface area contributed by atoms with Gasteiger partial charge in [-0.3, -0.25) is 0 Å². The van der Waals surface area contributed by atoms with Gasteiger partial charge in [0.15, 0.2) is 0 Å². The molecular formula is C84H58N4. The van der Waals surface area contributed by atoms with E-state index in [1.807, 2.05) is 0 Å². The van der Waals surface area contributed by atoms with Crippen LogP contribution in [0.5, 0.6) is 0 Å². The molecule has 88 heavy (non-hydrogen) atoms. The molecule has 414 valence electrons. The van der Waals surface area contributed by atoms with Gasteiger partial charge in [0.2, 0.25) is 0 Å². The Labute approximate surface area is 512 Å². The molecule has 0 aliphatic rings. The first-order chi connectivity index (χ1) is 43.6. The van der Waals surface area contributed by atoms with E-state index in [9.17, 15) is 0 Å². The summed E-state index contributed by atoms with van der Waals surface area (Å²) in [7, 11) is 0. The lowest BCUT2D eigenvalue weighted by Gasteiger charge is -2.29. The molecule has 0 saturated heterocycles. The Hall–Kier alpha value is -11.7. The van der Waals surface area contributed by atoms with E-state index in [1.54, 1.807) is 0 Å². The summed E-state index contributed by atoms with van der Waals surface area (Å²) in [4.78, 5) is 9.53. The number of hydrogen-bond donors (Lipinski definition) is 0. The zero-order chi connectivity index (χ0) is 58.3. The second-order valence-electron chi connectivity index (χ2n) is 22.6. The van der Waals surface area contributed by atoms with Crippen molar-refractivity contribution in [3.63, 3.8) is 0 Å². The summed E-state index contributed by atoms with van der Waals surface area (Å²) < 4.78 is 0. The van der Waals surface area contributed by atoms with Gasteiger partial charge in [-0.05, 0) is 198 Å². The molecule has 16 aromatic rings. The molecule has 0 radical (unpaired) electrons. The van der Waals surface area contributed by atoms with Crippen molar-refractivity contribution < 1.29 is 0 Å². The van der Waals surface area contributed by atoms with Crippen LogP contribution in [0.15, 0.2) is 352 Å². The summed E-state index contributed by atoms with van der Waals surface area (Å²) in [5.41, 5.74) is 15.3. The molecule has 0 spiro atoms. The van der Waals surface area contributed by atoms with E-state index in [0.29, 0.717) is 0 Å². The lowest BCUT2D eigenvalue weighted by atomic mass is 10.0. The fraction of sp³-hybridized carbons (Fsp3) is 0. The lowest BCUT2D eigenvalue weighted by molar-refractivity contribution is 1.26. The maximum Gasteiger partial charge on any atom is 0.0540 e. The van der Waals surface area contributed by atoms with E-state index in [-0.39, 0.29) is 0 Å². The molecule has 0 atom stereocenters. The number of hydrogen-bond acceptors (Lipinski definition) is 4. The van der Waals surface area contributed by atoms with Crippen molar-refractivity contribution in [2.24, 2.45) is 0 Å². The summed E-state index contributed by atoms with van der Waals surface area (Å²) in [6.07, 6.45) is 0. The minimum atomic E-state index is 1.06. The molecule has 0 bridgehead atoms. The van der Waals surface area contributed by atoms with Crippen LogP contribution in [0.2, 0.25) is 0 Å². The maximum atomic E-state index is 2.39. The van der Waals surface area contributed by atoms with Gasteiger partial charge in [-0.1, -0.05) is 218 Å². The number of nitrogens with zero attached hydrogens (tertiary/aromatic N) is 4. The molecule has 16 aromatic carbocycles. The second kappa shape index (κ2) is 22.4. The van der Waals surface area contributed by atoms with Crippen molar-refractivity contribution in [2.45, 2.75) is 0 Å². The van der Waals surface area contributed by atoms with Crippen LogP contribution in [0.4, 0.5) is 68.2 Å². The zero-order valence-corrected chi connectivity index (χ0v) is 48.3. The molecule has 0 aliphatic heterocycles. The van der Waals surface area contributed by atoms with Gasteiger partial charge in [0.25, 0.3) is 0 Å². The molecule has 0 amide bonds. The molecular weight excluding hydrogens is 1060 g/mol. The summed E-state index contributed by atoms with van der Waals surface area (Å²) in [5, 5.41) is 14.4. The number of fused-ring (bicyclic) bond motifs is 6. The Morgan fingerprint density at radius 3 is 0.659 bits per heavy atom. The van der Waals surface area contributed by atoms with Crippen LogP contribution in [0.3, 0.4) is 0 Å². The van der Waals surface area contributed by atoms with Gasteiger partial charge in [0.05, 0.1) is 11.4 Å². The minimum absolute atomic E-state index is 1.06. The first-order valence-corrected chi connectivity index (χ1v) is 30.1. The van der Waals surface area contributed by atoms with Crippen LogP contribution in [0.1, 0.15) is 0 Å². The highest BCUT2D eigenvalue weighted by Crippen LogP contribution is 2.46. The Bertz CT molecular complexity index is 4890. The standard InChI is InChI=1S/C84H58N4/c1-5-21-67-55-77(43-35-59(67)15-1)85(73-47-51-75(52-48-73)87(79-45-37-61-17-3-7-23-69(61)57-79)83-29-13-25-65-19-9-11-27-81(65)83)71-39-31-63(32-40-71)64-33-41-72(42-34-64)86(78-44-36-60-16-2-6-22-68(60)56-78)74-49-53-76(54-50-74)88(80-46-38-62-18-4-8-24-70(62)58-80)84-30-14-26-66-20-10-12-28-82(66)84/h1-58H. The quantitative estimate of drug-likeness (QED) is 0.114. The third-order valence-corrected chi connectivity index (χ3v) is 17.3. The van der Waals surface area contributed by atoms with Crippen LogP contribution in [-0.4, -0.2) is 0 Å². The number of rotatable bonds is 13. The minimum Gasteiger partial charge on any atom is -0.310 e. The van der Waals surface area contributed by atoms with Crippen molar-refractivity contribution in [1.29, 1.82) is 0 Å². The van der Waals surface area contributed by atoms with Crippen molar-refractivity contribution in [1.82, 2.24) is 0 Å². The van der Waals surface area contributed by atoms with E-state index in [1.165, 1.54) is 64.6 Å². The smallest absolute Gasteiger partial charge is 0.0540 e. The second-order valence-corrected chi connectivity index (χ2v) is 22.6. The Kier molecular flexibility index (Phi) is 13.2. The van der Waals surface area contributed by atoms with Gasteiger partial charge in [-0.25, -0.2) is 0 Å². The predicted molar refractivity (Wildman–Crippen MR) is 376 cm³/mol.